The number of rotatable bonds is 8. The lowest BCUT2D eigenvalue weighted by atomic mass is 10.2. The largest absolute Gasteiger partial charge is 0.369 e. The van der Waals surface area contributed by atoms with E-state index in [9.17, 15) is 0 Å². The van der Waals surface area contributed by atoms with Crippen LogP contribution >= 0.6 is 35.7 Å². The lowest BCUT2D eigenvalue weighted by Gasteiger charge is -2.38. The van der Waals surface area contributed by atoms with Crippen LogP contribution in [0.4, 0.5) is 5.69 Å². The first-order valence-corrected chi connectivity index (χ1v) is 10.7. The number of anilines is 1. The molecule has 0 bridgehead atoms. The zero-order chi connectivity index (χ0) is 17.9. The summed E-state index contributed by atoms with van der Waals surface area (Å²) in [6.45, 7) is 11.5. The highest BCUT2D eigenvalue weighted by molar-refractivity contribution is 14.0. The molecule has 0 aliphatic carbocycles. The Morgan fingerprint density at radius 3 is 2.46 bits per heavy atom. The first-order chi connectivity index (χ1) is 12.2. The molecular formula is C19H34IN5S. The van der Waals surface area contributed by atoms with Gasteiger partial charge in [0.25, 0.3) is 0 Å². The molecule has 26 heavy (non-hydrogen) atoms. The van der Waals surface area contributed by atoms with Gasteiger partial charge in [-0.15, -0.1) is 24.0 Å². The lowest BCUT2D eigenvalue weighted by molar-refractivity contribution is 0.201. The van der Waals surface area contributed by atoms with Crippen molar-refractivity contribution in [1.82, 2.24) is 15.5 Å². The smallest absolute Gasteiger partial charge is 0.191 e. The highest BCUT2D eigenvalue weighted by Crippen LogP contribution is 2.16. The molecule has 1 aliphatic heterocycles. The number of aliphatic imine (C=N–C) groups is 1. The van der Waals surface area contributed by atoms with E-state index in [1.54, 1.807) is 0 Å². The highest BCUT2D eigenvalue weighted by atomic mass is 127. The number of para-hydroxylation sites is 1. The maximum Gasteiger partial charge on any atom is 0.191 e. The number of nitrogens with one attached hydrogen (secondary N) is 2. The third-order valence-electron chi connectivity index (χ3n) is 4.52. The van der Waals surface area contributed by atoms with Crippen molar-refractivity contribution in [3.05, 3.63) is 30.3 Å². The van der Waals surface area contributed by atoms with Gasteiger partial charge in [0.05, 0.1) is 6.54 Å². The van der Waals surface area contributed by atoms with Crippen molar-refractivity contribution in [3.63, 3.8) is 0 Å². The van der Waals surface area contributed by atoms with Crippen LogP contribution in [0, 0.1) is 0 Å². The van der Waals surface area contributed by atoms with E-state index in [-0.39, 0.29) is 24.0 Å². The molecule has 1 aromatic carbocycles. The van der Waals surface area contributed by atoms with Gasteiger partial charge in [-0.05, 0) is 32.2 Å². The predicted molar refractivity (Wildman–Crippen MR) is 127 cm³/mol. The van der Waals surface area contributed by atoms with Gasteiger partial charge in [0.2, 0.25) is 0 Å². The van der Waals surface area contributed by atoms with Crippen molar-refractivity contribution in [2.75, 3.05) is 62.7 Å². The Kier molecular flexibility index (Phi) is 12.1. The minimum Gasteiger partial charge on any atom is -0.369 e. The summed E-state index contributed by atoms with van der Waals surface area (Å²) in [7, 11) is 0. The SMILES string of the molecule is CCNC(=NCC(C)N1CCN(c2ccccc2)CC1)NCCSC.I. The second-order valence-corrected chi connectivity index (χ2v) is 7.33. The average Bonchev–Trinajstić information content (AvgIpc) is 2.67. The number of thioether (sulfide) groups is 1. The predicted octanol–water partition coefficient (Wildman–Crippen LogP) is 2.73. The topological polar surface area (TPSA) is 42.9 Å². The van der Waals surface area contributed by atoms with E-state index in [1.807, 2.05) is 11.8 Å². The molecule has 2 rings (SSSR count). The average molecular weight is 491 g/mol. The summed E-state index contributed by atoms with van der Waals surface area (Å²) in [5, 5.41) is 6.73. The van der Waals surface area contributed by atoms with Gasteiger partial charge < -0.3 is 15.5 Å². The third-order valence-corrected chi connectivity index (χ3v) is 5.13. The minimum absolute atomic E-state index is 0. The molecule has 1 aliphatic rings. The quantitative estimate of drug-likeness (QED) is 0.254. The zero-order valence-electron chi connectivity index (χ0n) is 16.3. The number of benzene rings is 1. The van der Waals surface area contributed by atoms with Gasteiger partial charge in [-0.1, -0.05) is 18.2 Å². The van der Waals surface area contributed by atoms with Gasteiger partial charge in [0.1, 0.15) is 0 Å². The fourth-order valence-electron chi connectivity index (χ4n) is 3.01. The molecule has 148 valence electrons. The van der Waals surface area contributed by atoms with Gasteiger partial charge in [-0.3, -0.25) is 9.89 Å². The fraction of sp³-hybridized carbons (Fsp3) is 0.632. The molecular weight excluding hydrogens is 457 g/mol. The molecule has 0 aromatic heterocycles. The standard InChI is InChI=1S/C19H33N5S.HI/c1-4-20-19(21-10-15-25-3)22-16-17(2)23-11-13-24(14-12-23)18-8-6-5-7-9-18;/h5-9,17H,4,10-16H2,1-3H3,(H2,20,21,22);1H. The van der Waals surface area contributed by atoms with E-state index in [0.717, 1.165) is 57.5 Å². The molecule has 1 unspecified atom stereocenters. The first-order valence-electron chi connectivity index (χ1n) is 9.29. The van der Waals surface area contributed by atoms with Crippen LogP contribution in [0.15, 0.2) is 35.3 Å². The van der Waals surface area contributed by atoms with Gasteiger partial charge >= 0.3 is 0 Å². The second kappa shape index (κ2) is 13.5. The van der Waals surface area contributed by atoms with E-state index >= 15 is 0 Å². The van der Waals surface area contributed by atoms with E-state index in [0.29, 0.717) is 6.04 Å². The van der Waals surface area contributed by atoms with Gasteiger partial charge in [0, 0.05) is 56.8 Å². The molecule has 0 saturated carbocycles. The van der Waals surface area contributed by atoms with Gasteiger partial charge in [-0.2, -0.15) is 11.8 Å². The molecule has 0 radical (unpaired) electrons. The first kappa shape index (κ1) is 23.4. The normalized spacial score (nSPS) is 16.7. The van der Waals surface area contributed by atoms with Crippen LogP contribution in [0.1, 0.15) is 13.8 Å². The van der Waals surface area contributed by atoms with Crippen molar-refractivity contribution < 1.29 is 0 Å². The molecule has 5 nitrogen and oxygen atoms in total. The number of piperazine rings is 1. The maximum absolute atomic E-state index is 4.77. The summed E-state index contributed by atoms with van der Waals surface area (Å²) < 4.78 is 0. The summed E-state index contributed by atoms with van der Waals surface area (Å²) in [5.74, 6) is 2.04. The molecule has 1 atom stereocenters. The monoisotopic (exact) mass is 491 g/mol. The third kappa shape index (κ3) is 7.92. The Morgan fingerprint density at radius 1 is 1.15 bits per heavy atom. The van der Waals surface area contributed by atoms with Crippen molar-refractivity contribution in [2.45, 2.75) is 19.9 Å². The molecule has 2 N–H and O–H groups in total. The van der Waals surface area contributed by atoms with Gasteiger partial charge in [-0.25, -0.2) is 0 Å². The Bertz CT molecular complexity index is 506. The van der Waals surface area contributed by atoms with Crippen LogP contribution in [-0.4, -0.2) is 74.7 Å². The molecule has 1 saturated heterocycles. The highest BCUT2D eigenvalue weighted by Gasteiger charge is 2.21. The van der Waals surface area contributed by atoms with Crippen LogP contribution < -0.4 is 15.5 Å². The van der Waals surface area contributed by atoms with Crippen molar-refractivity contribution in [3.8, 4) is 0 Å². The summed E-state index contributed by atoms with van der Waals surface area (Å²) in [5.41, 5.74) is 1.33. The number of halogens is 1. The molecule has 0 spiro atoms. The van der Waals surface area contributed by atoms with Crippen molar-refractivity contribution >= 4 is 47.4 Å². The van der Waals surface area contributed by atoms with Crippen LogP contribution in [0.3, 0.4) is 0 Å². The van der Waals surface area contributed by atoms with Crippen LogP contribution in [0.25, 0.3) is 0 Å². The second-order valence-electron chi connectivity index (χ2n) is 6.35. The molecule has 1 heterocycles. The van der Waals surface area contributed by atoms with E-state index in [4.69, 9.17) is 4.99 Å². The zero-order valence-corrected chi connectivity index (χ0v) is 19.4. The van der Waals surface area contributed by atoms with Gasteiger partial charge in [0.15, 0.2) is 5.96 Å². The molecule has 1 aromatic rings. The van der Waals surface area contributed by atoms with Crippen LogP contribution in [0.5, 0.6) is 0 Å². The van der Waals surface area contributed by atoms with E-state index in [1.165, 1.54) is 5.69 Å². The summed E-state index contributed by atoms with van der Waals surface area (Å²) in [6.07, 6.45) is 2.13. The number of hydrogen-bond acceptors (Lipinski definition) is 4. The van der Waals surface area contributed by atoms with Crippen LogP contribution in [-0.2, 0) is 0 Å². The van der Waals surface area contributed by atoms with E-state index in [2.05, 4.69) is 70.9 Å². The summed E-state index contributed by atoms with van der Waals surface area (Å²) in [6, 6.07) is 11.2. The Hall–Kier alpha value is -0.670. The molecule has 1 fully saturated rings. The number of guanidine groups is 1. The Morgan fingerprint density at radius 2 is 1.85 bits per heavy atom. The molecule has 0 amide bonds. The number of nitrogens with zero attached hydrogens (tertiary/aromatic N) is 3. The Balaban J connectivity index is 0.00000338. The van der Waals surface area contributed by atoms with Crippen LogP contribution in [0.2, 0.25) is 0 Å². The fourth-order valence-corrected chi connectivity index (χ4v) is 3.32. The minimum atomic E-state index is 0. The van der Waals surface area contributed by atoms with E-state index < -0.39 is 0 Å². The lowest BCUT2D eigenvalue weighted by Crippen LogP contribution is -2.50. The maximum atomic E-state index is 4.77. The molecule has 7 heteroatoms. The number of hydrogen-bond donors (Lipinski definition) is 2. The van der Waals surface area contributed by atoms with Crippen molar-refractivity contribution in [2.24, 2.45) is 4.99 Å². The Labute approximate surface area is 180 Å². The summed E-state index contributed by atoms with van der Waals surface area (Å²) in [4.78, 5) is 9.79. The summed E-state index contributed by atoms with van der Waals surface area (Å²) >= 11 is 1.85. The van der Waals surface area contributed by atoms with Crippen molar-refractivity contribution in [1.29, 1.82) is 0 Å².